The Labute approximate surface area is 537 Å². The Morgan fingerprint density at radius 1 is 0.239 bits per heavy atom. The Hall–Kier alpha value is -3.76. The summed E-state index contributed by atoms with van der Waals surface area (Å²) >= 11 is -4.03. The molecule has 0 radical (unpaired) electrons. The summed E-state index contributed by atoms with van der Waals surface area (Å²) in [6.45, 7) is 6.70. The summed E-state index contributed by atoms with van der Waals surface area (Å²) in [5, 5.41) is 0. The third-order valence-corrected chi connectivity index (χ3v) is 17.5. The third kappa shape index (κ3) is 56.2. The molecule has 6 N–H and O–H groups in total. The van der Waals surface area contributed by atoms with E-state index >= 15 is 0 Å². The van der Waals surface area contributed by atoms with E-state index in [-0.39, 0.29) is 38.5 Å². The molecule has 0 aromatic heterocycles. The number of carbonyl (C=O) groups excluding carboxylic acids is 9. The number of nitrogens with two attached hydrogens (primary N) is 3. The Bertz CT molecular complexity index is 1610. The van der Waals surface area contributed by atoms with Gasteiger partial charge < -0.3 is 42.8 Å². The second-order valence-corrected chi connectivity index (χ2v) is 26.0. The molecule has 0 aromatic carbocycles. The lowest BCUT2D eigenvalue weighted by Gasteiger charge is -2.16. The van der Waals surface area contributed by atoms with E-state index in [9.17, 15) is 43.2 Å². The molecule has 18 nitrogen and oxygen atoms in total. The van der Waals surface area contributed by atoms with Crippen molar-refractivity contribution in [2.45, 2.75) is 386 Å². The third-order valence-electron chi connectivity index (χ3n) is 16.2. The van der Waals surface area contributed by atoms with Crippen molar-refractivity contribution in [3.05, 3.63) is 0 Å². The van der Waals surface area contributed by atoms with Gasteiger partial charge in [-0.3, -0.25) is 28.8 Å². The minimum absolute atomic E-state index is 0.0381. The van der Waals surface area contributed by atoms with Gasteiger partial charge in [0.2, 0.25) is 0 Å². The number of rotatable bonds is 63. The molecule has 0 bridgehead atoms. The van der Waals surface area contributed by atoms with Crippen molar-refractivity contribution >= 4 is 68.9 Å². The number of unbranched alkanes of at least 4 members (excludes halogenated alkanes) is 42. The van der Waals surface area contributed by atoms with E-state index in [0.29, 0.717) is 19.3 Å². The summed E-state index contributed by atoms with van der Waals surface area (Å²) in [7, 11) is 0. The lowest BCUT2D eigenvalue weighted by Crippen LogP contribution is -2.38. The molecule has 0 aliphatic rings. The van der Waals surface area contributed by atoms with E-state index in [1.165, 1.54) is 193 Å². The van der Waals surface area contributed by atoms with Crippen LogP contribution >= 0.6 is 0 Å². The van der Waals surface area contributed by atoms with Crippen molar-refractivity contribution in [2.24, 2.45) is 17.2 Å². The summed E-state index contributed by atoms with van der Waals surface area (Å²) in [6.07, 6.45) is 50.1. The molecular formula is C69H126AlN3O15. The Kier molecular flexibility index (Phi) is 59.4. The van der Waals surface area contributed by atoms with Crippen LogP contribution in [0.1, 0.15) is 367 Å². The first-order valence-electron chi connectivity index (χ1n) is 35.7. The highest BCUT2D eigenvalue weighted by Gasteiger charge is 2.49. The molecule has 0 spiro atoms. The fourth-order valence-corrected chi connectivity index (χ4v) is 11.5. The van der Waals surface area contributed by atoms with Crippen LogP contribution in [-0.4, -0.2) is 87.0 Å². The van der Waals surface area contributed by atoms with Crippen molar-refractivity contribution in [1.29, 1.82) is 0 Å². The zero-order valence-electron chi connectivity index (χ0n) is 55.8. The monoisotopic (exact) mass is 1260 g/mol. The molecule has 0 unspecified atom stereocenters. The van der Waals surface area contributed by atoms with Crippen molar-refractivity contribution in [3.8, 4) is 0 Å². The van der Waals surface area contributed by atoms with Crippen LogP contribution in [0.4, 0.5) is 0 Å². The molecule has 510 valence electrons. The molecule has 3 atom stereocenters. The molecule has 0 saturated heterocycles. The van der Waals surface area contributed by atoms with Crippen molar-refractivity contribution in [2.75, 3.05) is 0 Å². The van der Waals surface area contributed by atoms with Crippen molar-refractivity contribution < 1.29 is 68.7 Å². The maximum absolute atomic E-state index is 13.0. The molecule has 0 rings (SSSR count). The van der Waals surface area contributed by atoms with Crippen LogP contribution in [0.15, 0.2) is 0 Å². The van der Waals surface area contributed by atoms with Crippen LogP contribution in [0, 0.1) is 0 Å². The molecular weight excluding hydrogens is 1140 g/mol. The first-order chi connectivity index (χ1) is 42.6. The first kappa shape index (κ1) is 84.2. The zero-order valence-corrected chi connectivity index (χ0v) is 57.0. The van der Waals surface area contributed by atoms with Crippen LogP contribution in [0.25, 0.3) is 0 Å². The van der Waals surface area contributed by atoms with Gasteiger partial charge in [0.25, 0.3) is 17.9 Å². The molecule has 0 fully saturated rings. The molecule has 0 amide bonds. The predicted molar refractivity (Wildman–Crippen MR) is 348 cm³/mol. The van der Waals surface area contributed by atoms with Crippen LogP contribution < -0.4 is 17.2 Å². The van der Waals surface area contributed by atoms with Gasteiger partial charge in [-0.25, -0.2) is 14.4 Å². The first-order valence-corrected chi connectivity index (χ1v) is 37.1. The van der Waals surface area contributed by atoms with E-state index in [1.54, 1.807) is 0 Å². The molecule has 0 aliphatic heterocycles. The van der Waals surface area contributed by atoms with Crippen LogP contribution in [0.5, 0.6) is 0 Å². The molecule has 0 aliphatic carbocycles. The standard InChI is InChI=1S/3C23H43NO5.Al/c3*1-2-3-4-5-6-7-8-9-10-11-12-13-14-15-16-17-22(27)29-23(28)20(24)18-19-21(25)26;/h3*20H,2-19,24H2,1H3,(H,25,26);/q;;;+3/p-3/t3*20-;/m000./s1. The molecule has 19 heteroatoms. The quantitative estimate of drug-likeness (QED) is 0.0168. The normalized spacial score (nSPS) is 12.2. The minimum Gasteiger partial charge on any atom is -0.551 e. The second-order valence-electron chi connectivity index (χ2n) is 24.7. The fourth-order valence-electron chi connectivity index (χ4n) is 10.4. The second kappa shape index (κ2) is 62.1. The maximum Gasteiger partial charge on any atom is 1.20 e. The minimum atomic E-state index is -4.03. The van der Waals surface area contributed by atoms with Gasteiger partial charge in [-0.05, 0) is 38.5 Å². The number of ether oxygens (including phenoxy) is 3. The van der Waals surface area contributed by atoms with E-state index in [1.807, 2.05) is 0 Å². The van der Waals surface area contributed by atoms with E-state index in [2.05, 4.69) is 20.8 Å². The molecule has 88 heavy (non-hydrogen) atoms. The van der Waals surface area contributed by atoms with Gasteiger partial charge in [0, 0.05) is 38.5 Å². The van der Waals surface area contributed by atoms with Crippen molar-refractivity contribution in [3.63, 3.8) is 0 Å². The highest BCUT2D eigenvalue weighted by Crippen LogP contribution is 2.19. The van der Waals surface area contributed by atoms with Gasteiger partial charge in [0.05, 0.1) is 0 Å². The van der Waals surface area contributed by atoms with Gasteiger partial charge >= 0.3 is 51.0 Å². The zero-order chi connectivity index (χ0) is 64.9. The average molecular weight is 1260 g/mol. The summed E-state index contributed by atoms with van der Waals surface area (Å²) in [5.41, 5.74) is 17.9. The number of hydrogen-bond donors (Lipinski definition) is 3. The summed E-state index contributed by atoms with van der Waals surface area (Å²) in [6, 6.07) is -4.17. The van der Waals surface area contributed by atoms with Crippen molar-refractivity contribution in [1.82, 2.24) is 0 Å². The predicted octanol–water partition coefficient (Wildman–Crippen LogP) is 15.9. The van der Waals surface area contributed by atoms with E-state index in [4.69, 9.17) is 42.8 Å². The summed E-state index contributed by atoms with van der Waals surface area (Å²) < 4.78 is 30.6. The number of carbonyl (C=O) groups is 9. The van der Waals surface area contributed by atoms with E-state index in [0.717, 1.165) is 77.0 Å². The molecule has 0 saturated carbocycles. The van der Waals surface area contributed by atoms with Gasteiger partial charge in [0.1, 0.15) is 18.1 Å². The SMILES string of the molecule is CCCCCCCCCCCCCCCCCC(=O)OC(=O)[C@@H](N)CCC(=O)[O][Al]([O]C(=O)CC[C@H](N)C(=O)OC(=O)CCCCCCCCCCCCCCCCC)[O]C(=O)CC[C@H](N)C(=O)OC(=O)CCCCCCCCCCCCCCCCC. The average Bonchev–Trinajstić information content (AvgIpc) is 3.60. The van der Waals surface area contributed by atoms with Gasteiger partial charge in [-0.1, -0.05) is 290 Å². The van der Waals surface area contributed by atoms with E-state index < -0.39 is 106 Å². The molecule has 0 aromatic rings. The van der Waals surface area contributed by atoms with Crippen LogP contribution in [0.2, 0.25) is 0 Å². The highest BCUT2D eigenvalue weighted by molar-refractivity contribution is 6.44. The van der Waals surface area contributed by atoms with Crippen LogP contribution in [0.3, 0.4) is 0 Å². The smallest absolute Gasteiger partial charge is 0.551 e. The van der Waals surface area contributed by atoms with Gasteiger partial charge in [-0.15, -0.1) is 0 Å². The number of esters is 6. The molecule has 0 heterocycles. The Morgan fingerprint density at radius 3 is 0.568 bits per heavy atom. The Morgan fingerprint density at radius 2 is 0.398 bits per heavy atom. The lowest BCUT2D eigenvalue weighted by molar-refractivity contribution is -0.162. The largest absolute Gasteiger partial charge is 1.20 e. The van der Waals surface area contributed by atoms with Crippen LogP contribution in [-0.2, 0) is 68.7 Å². The van der Waals surface area contributed by atoms with Gasteiger partial charge in [0.15, 0.2) is 0 Å². The number of hydrogen-bond acceptors (Lipinski definition) is 18. The lowest BCUT2D eigenvalue weighted by atomic mass is 10.0. The Balaban J connectivity index is 5.00. The maximum atomic E-state index is 13.0. The summed E-state index contributed by atoms with van der Waals surface area (Å²) in [4.78, 5) is 114. The topological polar surface area (TPSA) is 287 Å². The fraction of sp³-hybridized carbons (Fsp3) is 0.870. The van der Waals surface area contributed by atoms with Gasteiger partial charge in [-0.2, -0.15) is 0 Å². The highest BCUT2D eigenvalue weighted by atomic mass is 27.3. The summed E-state index contributed by atoms with van der Waals surface area (Å²) in [5.74, 6) is -8.48.